The van der Waals surface area contributed by atoms with E-state index in [-0.39, 0.29) is 0 Å². The van der Waals surface area contributed by atoms with Gasteiger partial charge in [-0.1, -0.05) is 30.3 Å². The van der Waals surface area contributed by atoms with Crippen LogP contribution in [0.1, 0.15) is 48.5 Å². The molecule has 3 rings (SSSR count). The van der Waals surface area contributed by atoms with Gasteiger partial charge in [-0.2, -0.15) is 0 Å². The Bertz CT molecular complexity index is 1070. The molecule has 0 radical (unpaired) electrons. The Morgan fingerprint density at radius 3 is 2.53 bits per heavy atom. The summed E-state index contributed by atoms with van der Waals surface area (Å²) in [6.45, 7) is 4.95. The van der Waals surface area contributed by atoms with Crippen LogP contribution in [0.2, 0.25) is 0 Å². The third kappa shape index (κ3) is 5.87. The Labute approximate surface area is 186 Å². The second kappa shape index (κ2) is 9.84. The van der Waals surface area contributed by atoms with Crippen LogP contribution < -0.4 is 10.1 Å². The molecule has 0 aliphatic rings. The van der Waals surface area contributed by atoms with Gasteiger partial charge in [-0.15, -0.1) is 0 Å². The monoisotopic (exact) mass is 440 g/mol. The number of carbonyl (C=O) groups excluding carboxylic acids is 2. The van der Waals surface area contributed by atoms with Gasteiger partial charge < -0.3 is 30.0 Å². The Balaban J connectivity index is 1.85. The number of rotatable bonds is 8. The predicted octanol–water partition coefficient (Wildman–Crippen LogP) is 3.48. The van der Waals surface area contributed by atoms with Crippen molar-refractivity contribution >= 4 is 23.3 Å². The molecule has 0 aliphatic heterocycles. The van der Waals surface area contributed by atoms with Gasteiger partial charge in [0.2, 0.25) is 0 Å². The number of carbonyl (C=O) groups is 2. The molecule has 0 bridgehead atoms. The van der Waals surface area contributed by atoms with Crippen molar-refractivity contribution in [3.8, 4) is 5.75 Å². The predicted molar refractivity (Wildman–Crippen MR) is 120 cm³/mol. The topological polar surface area (TPSA) is 121 Å². The number of amides is 1. The molecule has 2 aromatic carbocycles. The number of aliphatic hydroxyl groups excluding tert-OH is 2. The van der Waals surface area contributed by atoms with Gasteiger partial charge in [-0.05, 0) is 44.5 Å². The lowest BCUT2D eigenvalue weighted by atomic mass is 10.1. The minimum Gasteiger partial charge on any atom is -0.488 e. The van der Waals surface area contributed by atoms with Gasteiger partial charge in [0, 0.05) is 16.6 Å². The summed E-state index contributed by atoms with van der Waals surface area (Å²) >= 11 is 0. The molecule has 1 amide bonds. The van der Waals surface area contributed by atoms with Crippen molar-refractivity contribution in [2.24, 2.45) is 0 Å². The van der Waals surface area contributed by atoms with Crippen molar-refractivity contribution in [1.82, 2.24) is 10.3 Å². The minimum absolute atomic E-state index is 0.306. The number of nitrogens with one attached hydrogen (secondary N) is 2. The number of aromatic amines is 1. The SMILES string of the molecule is CC(C)(C)OC(=O)N[C@@H](CO)[C@@H](O)c1cc2c(OCc3ccccc3)cc(C=O)cc2[nH]1. The van der Waals surface area contributed by atoms with Crippen LogP contribution in [0.3, 0.4) is 0 Å². The number of H-pyrrole nitrogens is 1. The van der Waals surface area contributed by atoms with E-state index >= 15 is 0 Å². The van der Waals surface area contributed by atoms with E-state index in [2.05, 4.69) is 10.3 Å². The Morgan fingerprint density at radius 2 is 1.91 bits per heavy atom. The average molecular weight is 440 g/mol. The molecule has 0 unspecified atom stereocenters. The lowest BCUT2D eigenvalue weighted by molar-refractivity contribution is 0.0344. The van der Waals surface area contributed by atoms with Gasteiger partial charge in [0.05, 0.1) is 18.2 Å². The van der Waals surface area contributed by atoms with Gasteiger partial charge in [0.25, 0.3) is 0 Å². The molecule has 8 heteroatoms. The van der Waals surface area contributed by atoms with Crippen molar-refractivity contribution in [2.75, 3.05) is 6.61 Å². The summed E-state index contributed by atoms with van der Waals surface area (Å²) in [6, 6.07) is 13.5. The molecule has 1 heterocycles. The first kappa shape index (κ1) is 23.3. The molecule has 8 nitrogen and oxygen atoms in total. The first-order chi connectivity index (χ1) is 15.2. The fourth-order valence-corrected chi connectivity index (χ4v) is 3.23. The maximum Gasteiger partial charge on any atom is 0.408 e. The Hall–Kier alpha value is -3.36. The van der Waals surface area contributed by atoms with E-state index in [9.17, 15) is 19.8 Å². The number of hydrogen-bond acceptors (Lipinski definition) is 6. The largest absolute Gasteiger partial charge is 0.488 e. The molecule has 170 valence electrons. The van der Waals surface area contributed by atoms with Crippen LogP contribution in [0.25, 0.3) is 10.9 Å². The van der Waals surface area contributed by atoms with Crippen LogP contribution in [0.5, 0.6) is 5.75 Å². The Kier molecular flexibility index (Phi) is 7.17. The molecule has 0 aliphatic carbocycles. The molecule has 2 atom stereocenters. The van der Waals surface area contributed by atoms with E-state index in [0.717, 1.165) is 5.56 Å². The van der Waals surface area contributed by atoms with Crippen molar-refractivity contribution < 1.29 is 29.3 Å². The van der Waals surface area contributed by atoms with E-state index in [0.29, 0.717) is 40.8 Å². The van der Waals surface area contributed by atoms with E-state index in [1.54, 1.807) is 39.0 Å². The van der Waals surface area contributed by atoms with Gasteiger partial charge in [-0.3, -0.25) is 4.79 Å². The second-order valence-corrected chi connectivity index (χ2v) is 8.48. The lowest BCUT2D eigenvalue weighted by Gasteiger charge is -2.25. The first-order valence-electron chi connectivity index (χ1n) is 10.3. The van der Waals surface area contributed by atoms with Gasteiger partial charge in [0.15, 0.2) is 0 Å². The van der Waals surface area contributed by atoms with E-state index < -0.39 is 30.4 Å². The molecule has 0 saturated carbocycles. The molecular weight excluding hydrogens is 412 g/mol. The summed E-state index contributed by atoms with van der Waals surface area (Å²) in [6.07, 6.45) is -1.28. The number of benzene rings is 2. The molecular formula is C24H28N2O6. The van der Waals surface area contributed by atoms with Gasteiger partial charge >= 0.3 is 6.09 Å². The first-order valence-corrected chi connectivity index (χ1v) is 10.3. The fourth-order valence-electron chi connectivity index (χ4n) is 3.23. The van der Waals surface area contributed by atoms with Gasteiger partial charge in [-0.25, -0.2) is 4.79 Å². The fraction of sp³-hybridized carbons (Fsp3) is 0.333. The zero-order chi connectivity index (χ0) is 23.3. The van der Waals surface area contributed by atoms with Crippen molar-refractivity contribution in [1.29, 1.82) is 0 Å². The quantitative estimate of drug-likeness (QED) is 0.398. The molecule has 0 saturated heterocycles. The van der Waals surface area contributed by atoms with E-state index in [4.69, 9.17) is 9.47 Å². The summed E-state index contributed by atoms with van der Waals surface area (Å²) < 4.78 is 11.1. The third-order valence-corrected chi connectivity index (χ3v) is 4.72. The highest BCUT2D eigenvalue weighted by Crippen LogP contribution is 2.31. The molecule has 4 N–H and O–H groups in total. The highest BCUT2D eigenvalue weighted by atomic mass is 16.6. The molecule has 0 spiro atoms. The van der Waals surface area contributed by atoms with Crippen molar-refractivity contribution in [2.45, 2.75) is 45.1 Å². The third-order valence-electron chi connectivity index (χ3n) is 4.72. The zero-order valence-corrected chi connectivity index (χ0v) is 18.3. The normalized spacial score (nSPS) is 13.4. The zero-order valence-electron chi connectivity index (χ0n) is 18.3. The molecule has 3 aromatic rings. The summed E-state index contributed by atoms with van der Waals surface area (Å²) in [5.74, 6) is 0.476. The minimum atomic E-state index is -1.25. The highest BCUT2D eigenvalue weighted by Gasteiger charge is 2.27. The number of aromatic nitrogens is 1. The molecule has 32 heavy (non-hydrogen) atoms. The van der Waals surface area contributed by atoms with Crippen LogP contribution in [0.15, 0.2) is 48.5 Å². The van der Waals surface area contributed by atoms with E-state index in [1.807, 2.05) is 30.3 Å². The standard InChI is InChI=1S/C24H28N2O6/c1-24(2,3)32-23(30)26-20(13-28)22(29)19-11-17-18(25-19)9-16(12-27)10-21(17)31-14-15-7-5-4-6-8-15/h4-12,20,22,25,28-29H,13-14H2,1-3H3,(H,26,30)/t20-,22-/m0/s1. The van der Waals surface area contributed by atoms with Crippen LogP contribution in [0, 0.1) is 0 Å². The van der Waals surface area contributed by atoms with Crippen LogP contribution in [0.4, 0.5) is 4.79 Å². The molecule has 0 fully saturated rings. The average Bonchev–Trinajstić information content (AvgIpc) is 3.19. The number of aldehydes is 1. The van der Waals surface area contributed by atoms with E-state index in [1.165, 1.54) is 0 Å². The van der Waals surface area contributed by atoms with Crippen LogP contribution >= 0.6 is 0 Å². The highest BCUT2D eigenvalue weighted by molar-refractivity contribution is 5.92. The summed E-state index contributed by atoms with van der Waals surface area (Å²) in [7, 11) is 0. The van der Waals surface area contributed by atoms with Crippen molar-refractivity contribution in [3.05, 3.63) is 65.4 Å². The van der Waals surface area contributed by atoms with Crippen molar-refractivity contribution in [3.63, 3.8) is 0 Å². The van der Waals surface area contributed by atoms with Crippen LogP contribution in [-0.4, -0.2) is 45.8 Å². The maximum atomic E-state index is 12.1. The maximum absolute atomic E-state index is 12.1. The number of alkyl carbamates (subject to hydrolysis) is 1. The number of aliphatic hydroxyl groups is 2. The molecule has 1 aromatic heterocycles. The van der Waals surface area contributed by atoms with Crippen LogP contribution in [-0.2, 0) is 11.3 Å². The smallest absolute Gasteiger partial charge is 0.408 e. The second-order valence-electron chi connectivity index (χ2n) is 8.48. The number of hydrogen-bond donors (Lipinski definition) is 4. The summed E-state index contributed by atoms with van der Waals surface area (Å²) in [5, 5.41) is 23.6. The summed E-state index contributed by atoms with van der Waals surface area (Å²) in [5.41, 5.74) is 1.60. The number of ether oxygens (including phenoxy) is 2. The Morgan fingerprint density at radius 1 is 1.19 bits per heavy atom. The lowest BCUT2D eigenvalue weighted by Crippen LogP contribution is -2.44. The summed E-state index contributed by atoms with van der Waals surface area (Å²) in [4.78, 5) is 26.5. The number of fused-ring (bicyclic) bond motifs is 1. The van der Waals surface area contributed by atoms with Gasteiger partial charge in [0.1, 0.15) is 30.3 Å².